The van der Waals surface area contributed by atoms with E-state index in [4.69, 9.17) is 0 Å². The first kappa shape index (κ1) is 9.42. The summed E-state index contributed by atoms with van der Waals surface area (Å²) in [7, 11) is 0. The molecule has 1 saturated heterocycles. The SMILES string of the molecule is Fc1ccc(C2(C(F)(F)F)NN2)cc1. The van der Waals surface area contributed by atoms with Crippen molar-refractivity contribution >= 4 is 0 Å². The number of rotatable bonds is 1. The minimum Gasteiger partial charge on any atom is -0.223 e. The van der Waals surface area contributed by atoms with Crippen LogP contribution in [0.1, 0.15) is 5.56 Å². The molecular weight excluding hydrogens is 200 g/mol. The van der Waals surface area contributed by atoms with Crippen LogP contribution in [0.2, 0.25) is 0 Å². The summed E-state index contributed by atoms with van der Waals surface area (Å²) in [6.45, 7) is 0. The van der Waals surface area contributed by atoms with Gasteiger partial charge in [0.25, 0.3) is 0 Å². The third-order valence-electron chi connectivity index (χ3n) is 2.08. The van der Waals surface area contributed by atoms with Crippen LogP contribution in [0.25, 0.3) is 0 Å². The Morgan fingerprint density at radius 3 is 1.86 bits per heavy atom. The van der Waals surface area contributed by atoms with Crippen LogP contribution in [-0.2, 0) is 5.66 Å². The van der Waals surface area contributed by atoms with Gasteiger partial charge in [0.05, 0.1) is 0 Å². The summed E-state index contributed by atoms with van der Waals surface area (Å²) in [4.78, 5) is 0. The summed E-state index contributed by atoms with van der Waals surface area (Å²) in [6.07, 6.45) is -4.44. The highest BCUT2D eigenvalue weighted by Crippen LogP contribution is 2.41. The first-order chi connectivity index (χ1) is 6.46. The minimum absolute atomic E-state index is 0.0496. The van der Waals surface area contributed by atoms with Crippen LogP contribution in [0.4, 0.5) is 17.6 Å². The molecule has 2 N–H and O–H groups in total. The maximum atomic E-state index is 12.5. The predicted molar refractivity (Wildman–Crippen MR) is 40.4 cm³/mol. The molecule has 1 aliphatic heterocycles. The van der Waals surface area contributed by atoms with E-state index in [1.54, 1.807) is 0 Å². The Balaban J connectivity index is 2.36. The highest BCUT2D eigenvalue weighted by molar-refractivity contribution is 5.30. The number of alkyl halides is 3. The van der Waals surface area contributed by atoms with Crippen molar-refractivity contribution in [3.8, 4) is 0 Å². The Kier molecular flexibility index (Phi) is 1.80. The van der Waals surface area contributed by atoms with Gasteiger partial charge < -0.3 is 0 Å². The first-order valence-corrected chi connectivity index (χ1v) is 3.83. The Morgan fingerprint density at radius 1 is 1.00 bits per heavy atom. The van der Waals surface area contributed by atoms with Crippen molar-refractivity contribution in [2.45, 2.75) is 11.8 Å². The maximum absolute atomic E-state index is 12.5. The molecule has 6 heteroatoms. The van der Waals surface area contributed by atoms with E-state index in [-0.39, 0.29) is 5.56 Å². The number of hydrazine groups is 1. The number of hydrogen-bond acceptors (Lipinski definition) is 2. The van der Waals surface area contributed by atoms with Crippen molar-refractivity contribution in [2.75, 3.05) is 0 Å². The Hall–Kier alpha value is -1.14. The van der Waals surface area contributed by atoms with Gasteiger partial charge in [0.15, 0.2) is 0 Å². The Labute approximate surface area is 76.9 Å². The number of hydrogen-bond donors (Lipinski definition) is 2. The van der Waals surface area contributed by atoms with Crippen LogP contribution >= 0.6 is 0 Å². The minimum atomic E-state index is -4.44. The second-order valence-electron chi connectivity index (χ2n) is 3.00. The Morgan fingerprint density at radius 2 is 1.50 bits per heavy atom. The van der Waals surface area contributed by atoms with Crippen molar-refractivity contribution in [1.82, 2.24) is 10.9 Å². The summed E-state index contributed by atoms with van der Waals surface area (Å²) in [5.74, 6) is -0.563. The van der Waals surface area contributed by atoms with Gasteiger partial charge in [0.1, 0.15) is 5.82 Å². The van der Waals surface area contributed by atoms with E-state index in [9.17, 15) is 17.6 Å². The van der Waals surface area contributed by atoms with Crippen LogP contribution in [-0.4, -0.2) is 6.18 Å². The van der Waals surface area contributed by atoms with Crippen molar-refractivity contribution in [3.05, 3.63) is 35.6 Å². The van der Waals surface area contributed by atoms with Gasteiger partial charge >= 0.3 is 6.18 Å². The Bertz CT molecular complexity index is 339. The van der Waals surface area contributed by atoms with Crippen molar-refractivity contribution in [1.29, 1.82) is 0 Å². The van der Waals surface area contributed by atoms with Crippen LogP contribution in [0.3, 0.4) is 0 Å². The highest BCUT2D eigenvalue weighted by atomic mass is 19.4. The van der Waals surface area contributed by atoms with Crippen LogP contribution in [0.5, 0.6) is 0 Å². The lowest BCUT2D eigenvalue weighted by atomic mass is 10.0. The zero-order valence-corrected chi connectivity index (χ0v) is 6.82. The molecule has 1 aromatic carbocycles. The zero-order chi connectivity index (χ0) is 10.4. The molecule has 1 aromatic rings. The number of halogens is 4. The summed E-state index contributed by atoms with van der Waals surface area (Å²) < 4.78 is 49.9. The monoisotopic (exact) mass is 206 g/mol. The summed E-state index contributed by atoms with van der Waals surface area (Å²) >= 11 is 0. The molecule has 0 aliphatic carbocycles. The van der Waals surface area contributed by atoms with Crippen molar-refractivity contribution < 1.29 is 17.6 Å². The molecule has 0 unspecified atom stereocenters. The van der Waals surface area contributed by atoms with Gasteiger partial charge in [0, 0.05) is 0 Å². The first-order valence-electron chi connectivity index (χ1n) is 3.83. The van der Waals surface area contributed by atoms with E-state index in [0.29, 0.717) is 0 Å². The molecule has 0 spiro atoms. The topological polar surface area (TPSA) is 43.9 Å². The second-order valence-corrected chi connectivity index (χ2v) is 3.00. The lowest BCUT2D eigenvalue weighted by Crippen LogP contribution is -2.34. The summed E-state index contributed by atoms with van der Waals surface area (Å²) in [5, 5.41) is 0. The maximum Gasteiger partial charge on any atom is 0.426 e. The molecule has 76 valence electrons. The molecule has 1 heterocycles. The highest BCUT2D eigenvalue weighted by Gasteiger charge is 2.65. The third kappa shape index (κ3) is 1.27. The van der Waals surface area contributed by atoms with Crippen molar-refractivity contribution in [2.24, 2.45) is 0 Å². The molecule has 1 fully saturated rings. The van der Waals surface area contributed by atoms with E-state index in [0.717, 1.165) is 24.3 Å². The normalized spacial score (nSPS) is 19.4. The van der Waals surface area contributed by atoms with Crippen LogP contribution in [0.15, 0.2) is 24.3 Å². The number of nitrogens with one attached hydrogen (secondary N) is 2. The van der Waals surface area contributed by atoms with Gasteiger partial charge in [0.2, 0.25) is 5.66 Å². The molecule has 0 aromatic heterocycles. The average molecular weight is 206 g/mol. The standard InChI is InChI=1S/C8H6F4N2/c9-6-3-1-5(2-4-6)7(13-14-7)8(10,11)12/h1-4,13-14H. The molecule has 0 bridgehead atoms. The molecule has 2 nitrogen and oxygen atoms in total. The molecule has 0 amide bonds. The molecule has 1 aliphatic rings. The fourth-order valence-electron chi connectivity index (χ4n) is 1.21. The zero-order valence-electron chi connectivity index (χ0n) is 6.82. The lowest BCUT2D eigenvalue weighted by molar-refractivity contribution is -0.165. The van der Waals surface area contributed by atoms with Gasteiger partial charge in [-0.3, -0.25) is 0 Å². The van der Waals surface area contributed by atoms with Gasteiger partial charge in [-0.2, -0.15) is 13.2 Å². The smallest absolute Gasteiger partial charge is 0.223 e. The average Bonchev–Trinajstić information content (AvgIpc) is 2.84. The van der Waals surface area contributed by atoms with Gasteiger partial charge in [-0.25, -0.2) is 15.2 Å². The molecule has 2 rings (SSSR count). The van der Waals surface area contributed by atoms with E-state index < -0.39 is 17.7 Å². The molecule has 0 radical (unpaired) electrons. The second kappa shape index (κ2) is 2.68. The van der Waals surface area contributed by atoms with Crippen molar-refractivity contribution in [3.63, 3.8) is 0 Å². The fourth-order valence-corrected chi connectivity index (χ4v) is 1.21. The quantitative estimate of drug-likeness (QED) is 0.542. The molecular formula is C8H6F4N2. The fraction of sp³-hybridized carbons (Fsp3) is 0.250. The predicted octanol–water partition coefficient (Wildman–Crippen LogP) is 1.65. The van der Waals surface area contributed by atoms with E-state index in [2.05, 4.69) is 0 Å². The number of benzene rings is 1. The van der Waals surface area contributed by atoms with E-state index >= 15 is 0 Å². The van der Waals surface area contributed by atoms with E-state index in [1.165, 1.54) is 0 Å². The largest absolute Gasteiger partial charge is 0.426 e. The van der Waals surface area contributed by atoms with Gasteiger partial charge in [-0.1, -0.05) is 12.1 Å². The molecule has 0 atom stereocenters. The third-order valence-corrected chi connectivity index (χ3v) is 2.08. The lowest BCUT2D eigenvalue weighted by Gasteiger charge is -2.15. The summed E-state index contributed by atoms with van der Waals surface area (Å²) in [6, 6.07) is 4.17. The van der Waals surface area contributed by atoms with Gasteiger partial charge in [-0.05, 0) is 17.7 Å². The molecule has 0 saturated carbocycles. The van der Waals surface area contributed by atoms with E-state index in [1.807, 2.05) is 10.9 Å². The van der Waals surface area contributed by atoms with Gasteiger partial charge in [-0.15, -0.1) is 0 Å². The molecule has 14 heavy (non-hydrogen) atoms. The van der Waals surface area contributed by atoms with Crippen LogP contribution in [0, 0.1) is 5.82 Å². The van der Waals surface area contributed by atoms with Crippen LogP contribution < -0.4 is 10.9 Å². The summed E-state index contributed by atoms with van der Waals surface area (Å²) in [5.41, 5.74) is 1.81.